The molecule has 6 nitrogen and oxygen atoms in total. The minimum absolute atomic E-state index is 0.177. The second-order valence-corrected chi connectivity index (χ2v) is 8.42. The van der Waals surface area contributed by atoms with Crippen LogP contribution in [-0.2, 0) is 9.53 Å². The van der Waals surface area contributed by atoms with E-state index >= 15 is 0 Å². The van der Waals surface area contributed by atoms with Crippen LogP contribution in [0.1, 0.15) is 19.8 Å². The monoisotopic (exact) mass is 379 g/mol. The first kappa shape index (κ1) is 17.5. The normalized spacial score (nSPS) is 27.6. The van der Waals surface area contributed by atoms with Gasteiger partial charge in [0.2, 0.25) is 5.91 Å². The van der Waals surface area contributed by atoms with Crippen molar-refractivity contribution in [1.82, 2.24) is 5.32 Å². The summed E-state index contributed by atoms with van der Waals surface area (Å²) in [6.45, 7) is 2.85. The van der Waals surface area contributed by atoms with E-state index in [1.807, 2.05) is 11.8 Å². The molecule has 3 saturated heterocycles. The van der Waals surface area contributed by atoms with Gasteiger partial charge in [-0.25, -0.2) is 9.18 Å². The summed E-state index contributed by atoms with van der Waals surface area (Å²) in [6.07, 6.45) is 1.27. The molecule has 3 atom stereocenters. The summed E-state index contributed by atoms with van der Waals surface area (Å²) in [5.41, 5.74) is 1.10. The van der Waals surface area contributed by atoms with Gasteiger partial charge < -0.3 is 15.0 Å². The number of carbonyl (C=O) groups excluding carboxylic acids is 2. The molecule has 4 rings (SSSR count). The summed E-state index contributed by atoms with van der Waals surface area (Å²) in [5.74, 6) is 0.656. The van der Waals surface area contributed by atoms with Crippen molar-refractivity contribution in [1.29, 1.82) is 0 Å². The number of fused-ring (bicyclic) bond motifs is 2. The van der Waals surface area contributed by atoms with Gasteiger partial charge in [-0.2, -0.15) is 11.8 Å². The molecule has 8 heteroatoms. The Morgan fingerprint density at radius 2 is 2.27 bits per heavy atom. The Morgan fingerprint density at radius 1 is 1.42 bits per heavy atom. The van der Waals surface area contributed by atoms with E-state index in [1.165, 1.54) is 17.9 Å². The number of nitrogens with one attached hydrogen (secondary N) is 1. The van der Waals surface area contributed by atoms with Crippen LogP contribution in [0.2, 0.25) is 0 Å². The van der Waals surface area contributed by atoms with Crippen molar-refractivity contribution in [2.24, 2.45) is 0 Å². The largest absolute Gasteiger partial charge is 0.442 e. The van der Waals surface area contributed by atoms with Crippen LogP contribution in [-0.4, -0.2) is 54.8 Å². The third-order valence-corrected chi connectivity index (χ3v) is 6.47. The van der Waals surface area contributed by atoms with Gasteiger partial charge in [0.15, 0.2) is 0 Å². The van der Waals surface area contributed by atoms with E-state index in [4.69, 9.17) is 4.74 Å². The molecule has 26 heavy (non-hydrogen) atoms. The number of thioether (sulfide) groups is 1. The lowest BCUT2D eigenvalue weighted by Gasteiger charge is -2.27. The minimum Gasteiger partial charge on any atom is -0.442 e. The molecule has 140 valence electrons. The Kier molecular flexibility index (Phi) is 4.69. The number of halogens is 1. The van der Waals surface area contributed by atoms with E-state index in [-0.39, 0.29) is 18.3 Å². The van der Waals surface area contributed by atoms with Crippen molar-refractivity contribution in [2.75, 3.05) is 35.2 Å². The molecule has 0 radical (unpaired) electrons. The van der Waals surface area contributed by atoms with E-state index in [0.29, 0.717) is 29.2 Å². The van der Waals surface area contributed by atoms with E-state index in [9.17, 15) is 14.0 Å². The van der Waals surface area contributed by atoms with Gasteiger partial charge in [-0.05, 0) is 36.8 Å². The molecule has 1 aromatic rings. The highest BCUT2D eigenvalue weighted by Gasteiger charge is 2.37. The van der Waals surface area contributed by atoms with E-state index in [2.05, 4.69) is 10.2 Å². The number of amides is 2. The quantitative estimate of drug-likeness (QED) is 0.870. The Hall–Kier alpha value is -1.96. The number of hydrogen-bond acceptors (Lipinski definition) is 5. The first-order valence-corrected chi connectivity index (χ1v) is 9.96. The lowest BCUT2D eigenvalue weighted by atomic mass is 10.1. The maximum absolute atomic E-state index is 14.8. The fourth-order valence-corrected chi connectivity index (χ4v) is 5.29. The third-order valence-electron chi connectivity index (χ3n) is 5.19. The number of rotatable bonds is 4. The maximum atomic E-state index is 14.8. The smallest absolute Gasteiger partial charge is 0.414 e. The predicted molar refractivity (Wildman–Crippen MR) is 99.3 cm³/mol. The molecule has 0 aromatic heterocycles. The highest BCUT2D eigenvalue weighted by atomic mass is 32.2. The average molecular weight is 379 g/mol. The minimum atomic E-state index is -0.513. The molecular weight excluding hydrogens is 357 g/mol. The fourth-order valence-electron chi connectivity index (χ4n) is 3.93. The van der Waals surface area contributed by atoms with Crippen molar-refractivity contribution in [3.8, 4) is 0 Å². The average Bonchev–Trinajstić information content (AvgIpc) is 3.12. The molecular formula is C18H22FN3O3S. The number of cyclic esters (lactones) is 1. The Morgan fingerprint density at radius 3 is 3.00 bits per heavy atom. The van der Waals surface area contributed by atoms with Crippen LogP contribution < -0.4 is 15.1 Å². The summed E-state index contributed by atoms with van der Waals surface area (Å²) < 4.78 is 20.0. The summed E-state index contributed by atoms with van der Waals surface area (Å²) in [4.78, 5) is 26.7. The summed E-state index contributed by atoms with van der Waals surface area (Å²) in [7, 11) is 0. The zero-order valence-electron chi connectivity index (χ0n) is 14.6. The molecule has 3 fully saturated rings. The molecule has 1 aromatic carbocycles. The highest BCUT2D eigenvalue weighted by Crippen LogP contribution is 2.40. The SMILES string of the molecule is CC(=O)NCC1CN(c2ccc(N3C[C@@H]4CC3CCS4)c(F)c2)C(=O)O1. The van der Waals surface area contributed by atoms with E-state index < -0.39 is 12.2 Å². The number of anilines is 2. The van der Waals surface area contributed by atoms with Gasteiger partial charge in [0, 0.05) is 24.8 Å². The predicted octanol–water partition coefficient (Wildman–Crippen LogP) is 2.37. The molecule has 3 aliphatic heterocycles. The second-order valence-electron chi connectivity index (χ2n) is 7.01. The van der Waals surface area contributed by atoms with Crippen molar-refractivity contribution < 1.29 is 18.7 Å². The third kappa shape index (κ3) is 3.34. The summed E-state index contributed by atoms with van der Waals surface area (Å²) in [5, 5.41) is 3.23. The molecule has 3 heterocycles. The van der Waals surface area contributed by atoms with Crippen LogP contribution in [0, 0.1) is 5.82 Å². The van der Waals surface area contributed by atoms with Crippen molar-refractivity contribution in [2.45, 2.75) is 37.2 Å². The van der Waals surface area contributed by atoms with Gasteiger partial charge in [0.1, 0.15) is 11.9 Å². The molecule has 0 spiro atoms. The fraction of sp³-hybridized carbons (Fsp3) is 0.556. The van der Waals surface area contributed by atoms with Crippen LogP contribution in [0.5, 0.6) is 0 Å². The van der Waals surface area contributed by atoms with Gasteiger partial charge in [-0.1, -0.05) is 0 Å². The van der Waals surface area contributed by atoms with Crippen LogP contribution in [0.25, 0.3) is 0 Å². The van der Waals surface area contributed by atoms with Gasteiger partial charge in [-0.15, -0.1) is 0 Å². The van der Waals surface area contributed by atoms with Gasteiger partial charge in [0.25, 0.3) is 0 Å². The Labute approximate surface area is 156 Å². The summed E-state index contributed by atoms with van der Waals surface area (Å²) >= 11 is 1.98. The highest BCUT2D eigenvalue weighted by molar-refractivity contribution is 8.00. The number of nitrogens with zero attached hydrogens (tertiary/aromatic N) is 2. The lowest BCUT2D eigenvalue weighted by Crippen LogP contribution is -2.33. The molecule has 3 aliphatic rings. The molecule has 2 bridgehead atoms. The molecule has 0 aliphatic carbocycles. The number of carbonyl (C=O) groups is 2. The number of ether oxygens (including phenoxy) is 1. The molecule has 2 unspecified atom stereocenters. The van der Waals surface area contributed by atoms with Gasteiger partial charge in [-0.3, -0.25) is 9.69 Å². The van der Waals surface area contributed by atoms with Crippen molar-refractivity contribution in [3.63, 3.8) is 0 Å². The maximum Gasteiger partial charge on any atom is 0.414 e. The molecule has 2 amide bonds. The Bertz CT molecular complexity index is 732. The van der Waals surface area contributed by atoms with Gasteiger partial charge in [0.05, 0.1) is 24.5 Å². The van der Waals surface area contributed by atoms with Crippen molar-refractivity contribution in [3.05, 3.63) is 24.0 Å². The zero-order chi connectivity index (χ0) is 18.3. The topological polar surface area (TPSA) is 61.9 Å². The summed E-state index contributed by atoms with van der Waals surface area (Å²) in [6, 6.07) is 5.37. The van der Waals surface area contributed by atoms with E-state index in [0.717, 1.165) is 25.1 Å². The van der Waals surface area contributed by atoms with Crippen molar-refractivity contribution >= 4 is 35.1 Å². The van der Waals surface area contributed by atoms with E-state index in [1.54, 1.807) is 12.1 Å². The molecule has 1 N–H and O–H groups in total. The standard InChI is InChI=1S/C18H22FN3O3S/c1-11(23)20-8-14-9-22(18(24)25-14)12-2-3-17(16(19)7-12)21-10-15-6-13(21)4-5-26-15/h2-3,7,13-15H,4-6,8-10H2,1H3,(H,20,23)/t13?,14?,15-/m0/s1. The lowest BCUT2D eigenvalue weighted by molar-refractivity contribution is -0.119. The number of hydrogen-bond donors (Lipinski definition) is 1. The van der Waals surface area contributed by atoms with Crippen LogP contribution in [0.3, 0.4) is 0 Å². The number of benzene rings is 1. The zero-order valence-corrected chi connectivity index (χ0v) is 15.4. The molecule has 0 saturated carbocycles. The van der Waals surface area contributed by atoms with Crippen LogP contribution in [0.4, 0.5) is 20.6 Å². The van der Waals surface area contributed by atoms with Crippen LogP contribution >= 0.6 is 11.8 Å². The first-order valence-electron chi connectivity index (χ1n) is 8.91. The van der Waals surface area contributed by atoms with Gasteiger partial charge >= 0.3 is 6.09 Å². The van der Waals surface area contributed by atoms with Crippen LogP contribution in [0.15, 0.2) is 18.2 Å². The Balaban J connectivity index is 1.48. The first-order chi connectivity index (χ1) is 12.5. The second kappa shape index (κ2) is 6.98.